The molecule has 102 valence electrons. The van der Waals surface area contributed by atoms with Gasteiger partial charge in [0.1, 0.15) is 0 Å². The fourth-order valence-electron chi connectivity index (χ4n) is 1.36. The van der Waals surface area contributed by atoms with E-state index in [2.05, 4.69) is 19.4 Å². The number of rotatable bonds is 4. The molecule has 0 aliphatic carbocycles. The normalized spacial score (nSPS) is 11.3. The monoisotopic (exact) mass is 302 g/mol. The van der Waals surface area contributed by atoms with Crippen LogP contribution in [0.2, 0.25) is 0 Å². The molecule has 19 heavy (non-hydrogen) atoms. The molecule has 0 unspecified atom stereocenters. The lowest BCUT2D eigenvalue weighted by molar-refractivity contribution is 0.0591. The Labute approximate surface area is 113 Å². The molecule has 2 aromatic rings. The lowest BCUT2D eigenvalue weighted by Gasteiger charge is -2.06. The Morgan fingerprint density at radius 1 is 1.53 bits per heavy atom. The highest BCUT2D eigenvalue weighted by Crippen LogP contribution is 2.20. The maximum absolute atomic E-state index is 12.0. The molecule has 0 fully saturated rings. The highest BCUT2D eigenvalue weighted by atomic mass is 32.2. The van der Waals surface area contributed by atoms with Gasteiger partial charge in [-0.25, -0.2) is 18.2 Å². The summed E-state index contributed by atoms with van der Waals surface area (Å²) in [7, 11) is -1.03. The van der Waals surface area contributed by atoms with Crippen LogP contribution in [0.3, 0.4) is 0 Å². The molecule has 0 aliphatic rings. The van der Waals surface area contributed by atoms with Gasteiger partial charge in [-0.2, -0.15) is 0 Å². The summed E-state index contributed by atoms with van der Waals surface area (Å²) < 4.78 is 32.2. The van der Waals surface area contributed by atoms with Crippen LogP contribution in [0.25, 0.3) is 0 Å². The predicted octanol–water partition coefficient (Wildman–Crippen LogP) is 0.464. The number of aromatic nitrogens is 3. The molecule has 8 nitrogen and oxygen atoms in total. The standard InChI is InChI=1S/C9H10N4O4S2/c1-13-4-11-8(7(13)9(14)17-2)12-19(15,16)6-3-10-5-18-6/h3-5,12H,1-2H3. The molecule has 2 heterocycles. The van der Waals surface area contributed by atoms with E-state index in [1.807, 2.05) is 0 Å². The molecule has 10 heteroatoms. The van der Waals surface area contributed by atoms with E-state index >= 15 is 0 Å². The molecular formula is C9H10N4O4S2. The molecule has 0 saturated heterocycles. The van der Waals surface area contributed by atoms with E-state index in [0.717, 1.165) is 11.3 Å². The molecule has 0 saturated carbocycles. The summed E-state index contributed by atoms with van der Waals surface area (Å²) in [4.78, 5) is 19.1. The zero-order valence-electron chi connectivity index (χ0n) is 10.0. The first-order valence-electron chi connectivity index (χ1n) is 4.96. The summed E-state index contributed by atoms with van der Waals surface area (Å²) in [6.07, 6.45) is 2.53. The van der Waals surface area contributed by atoms with E-state index in [4.69, 9.17) is 0 Å². The third-order valence-electron chi connectivity index (χ3n) is 2.22. The number of hydrogen-bond donors (Lipinski definition) is 1. The molecule has 2 aromatic heterocycles. The van der Waals surface area contributed by atoms with Gasteiger partial charge in [0.15, 0.2) is 15.7 Å². The summed E-state index contributed by atoms with van der Waals surface area (Å²) in [5, 5.41) is 0. The first-order valence-corrected chi connectivity index (χ1v) is 7.33. The van der Waals surface area contributed by atoms with E-state index in [1.165, 1.54) is 29.7 Å². The van der Waals surface area contributed by atoms with Gasteiger partial charge in [-0.05, 0) is 0 Å². The number of esters is 1. The summed E-state index contributed by atoms with van der Waals surface area (Å²) in [5.41, 5.74) is 1.42. The van der Waals surface area contributed by atoms with Crippen LogP contribution in [-0.2, 0) is 21.8 Å². The van der Waals surface area contributed by atoms with Crippen molar-refractivity contribution >= 4 is 33.1 Å². The van der Waals surface area contributed by atoms with Crippen molar-refractivity contribution in [3.63, 3.8) is 0 Å². The van der Waals surface area contributed by atoms with Crippen molar-refractivity contribution in [2.24, 2.45) is 7.05 Å². The minimum Gasteiger partial charge on any atom is -0.464 e. The van der Waals surface area contributed by atoms with Crippen LogP contribution in [0.4, 0.5) is 5.82 Å². The van der Waals surface area contributed by atoms with Crippen LogP contribution in [0.15, 0.2) is 22.2 Å². The number of imidazole rings is 1. The number of nitrogens with one attached hydrogen (secondary N) is 1. The first kappa shape index (κ1) is 13.5. The van der Waals surface area contributed by atoms with Gasteiger partial charge >= 0.3 is 5.97 Å². The summed E-state index contributed by atoms with van der Waals surface area (Å²) in [6, 6.07) is 0. The van der Waals surface area contributed by atoms with E-state index in [9.17, 15) is 13.2 Å². The highest BCUT2D eigenvalue weighted by molar-refractivity contribution is 7.94. The van der Waals surface area contributed by atoms with Gasteiger partial charge in [-0.1, -0.05) is 0 Å². The fourth-order valence-corrected chi connectivity index (χ4v) is 3.17. The van der Waals surface area contributed by atoms with Crippen molar-refractivity contribution in [1.29, 1.82) is 0 Å². The molecule has 1 N–H and O–H groups in total. The van der Waals surface area contributed by atoms with Gasteiger partial charge < -0.3 is 9.30 Å². The van der Waals surface area contributed by atoms with Crippen LogP contribution in [0.5, 0.6) is 0 Å². The van der Waals surface area contributed by atoms with Gasteiger partial charge in [0.05, 0.1) is 25.1 Å². The van der Waals surface area contributed by atoms with Gasteiger partial charge in [0, 0.05) is 7.05 Å². The van der Waals surface area contributed by atoms with Crippen molar-refractivity contribution in [2.75, 3.05) is 11.8 Å². The second-order valence-corrected chi connectivity index (χ2v) is 6.27. The molecule has 0 bridgehead atoms. The molecule has 0 spiro atoms. The van der Waals surface area contributed by atoms with Crippen molar-refractivity contribution in [3.8, 4) is 0 Å². The van der Waals surface area contributed by atoms with Crippen LogP contribution in [0.1, 0.15) is 10.5 Å². The topological polar surface area (TPSA) is 103 Å². The Bertz CT molecular complexity index is 690. The molecule has 0 aliphatic heterocycles. The number of methoxy groups -OCH3 is 1. The van der Waals surface area contributed by atoms with Crippen molar-refractivity contribution in [3.05, 3.63) is 23.7 Å². The number of nitrogens with zero attached hydrogens (tertiary/aromatic N) is 3. The zero-order valence-corrected chi connectivity index (χ0v) is 11.7. The van der Waals surface area contributed by atoms with E-state index in [1.54, 1.807) is 7.05 Å². The maximum Gasteiger partial charge on any atom is 0.358 e. The highest BCUT2D eigenvalue weighted by Gasteiger charge is 2.24. The minimum atomic E-state index is -3.80. The molecule has 0 amide bonds. The van der Waals surface area contributed by atoms with E-state index < -0.39 is 16.0 Å². The largest absolute Gasteiger partial charge is 0.464 e. The molecule has 0 atom stereocenters. The van der Waals surface area contributed by atoms with Crippen LogP contribution >= 0.6 is 11.3 Å². The smallest absolute Gasteiger partial charge is 0.358 e. The number of carbonyl (C=O) groups excluding carboxylic acids is 1. The van der Waals surface area contributed by atoms with Crippen molar-refractivity contribution in [1.82, 2.24) is 14.5 Å². The van der Waals surface area contributed by atoms with E-state index in [-0.39, 0.29) is 15.7 Å². The van der Waals surface area contributed by atoms with Crippen molar-refractivity contribution in [2.45, 2.75) is 4.21 Å². The van der Waals surface area contributed by atoms with Crippen LogP contribution in [-0.4, -0.2) is 36.0 Å². The lowest BCUT2D eigenvalue weighted by atomic mass is 10.4. The second kappa shape index (κ2) is 4.97. The van der Waals surface area contributed by atoms with Gasteiger partial charge in [0.2, 0.25) is 0 Å². The van der Waals surface area contributed by atoms with Gasteiger partial charge in [0.25, 0.3) is 10.0 Å². The maximum atomic E-state index is 12.0. The first-order chi connectivity index (χ1) is 8.95. The SMILES string of the molecule is COC(=O)c1c(NS(=O)(=O)c2cncs2)ncn1C. The molecule has 0 aromatic carbocycles. The number of ether oxygens (including phenoxy) is 1. The van der Waals surface area contributed by atoms with Crippen molar-refractivity contribution < 1.29 is 17.9 Å². The Morgan fingerprint density at radius 3 is 2.84 bits per heavy atom. The Morgan fingerprint density at radius 2 is 2.26 bits per heavy atom. The average Bonchev–Trinajstić information content (AvgIpc) is 2.99. The molecule has 0 radical (unpaired) electrons. The number of hydrogen-bond acceptors (Lipinski definition) is 7. The fraction of sp³-hybridized carbons (Fsp3) is 0.222. The number of sulfonamides is 1. The third-order valence-corrected chi connectivity index (χ3v) is 4.83. The number of carbonyl (C=O) groups is 1. The summed E-state index contributed by atoms with van der Waals surface area (Å²) in [6.45, 7) is 0. The number of aryl methyl sites for hydroxylation is 1. The van der Waals surface area contributed by atoms with E-state index in [0.29, 0.717) is 0 Å². The quantitative estimate of drug-likeness (QED) is 0.823. The molecule has 2 rings (SSSR count). The third kappa shape index (κ3) is 2.58. The minimum absolute atomic E-state index is 0.0237. The predicted molar refractivity (Wildman–Crippen MR) is 67.5 cm³/mol. The summed E-state index contributed by atoms with van der Waals surface area (Å²) >= 11 is 0.964. The molecular weight excluding hydrogens is 292 g/mol. The van der Waals surface area contributed by atoms with Gasteiger partial charge in [-0.15, -0.1) is 11.3 Å². The number of anilines is 1. The summed E-state index contributed by atoms with van der Waals surface area (Å²) in [5.74, 6) is -0.759. The second-order valence-electron chi connectivity index (χ2n) is 3.47. The lowest BCUT2D eigenvalue weighted by Crippen LogP contribution is -2.16. The van der Waals surface area contributed by atoms with Crippen LogP contribution in [0, 0.1) is 0 Å². The average molecular weight is 302 g/mol. The van der Waals surface area contributed by atoms with Crippen LogP contribution < -0.4 is 4.72 Å². The Hall–Kier alpha value is -1.94. The Kier molecular flexibility index (Phi) is 3.53. The number of thiazole rings is 1. The zero-order chi connectivity index (χ0) is 14.0. The van der Waals surface area contributed by atoms with Gasteiger partial charge in [-0.3, -0.25) is 9.71 Å². The Balaban J connectivity index is 2.38.